The number of carbonyl (C=O) groups excluding carboxylic acids is 1. The number of aliphatic hydroxyl groups excluding tert-OH is 1. The Kier molecular flexibility index (Phi) is 5.51. The number of benzene rings is 1. The number of aliphatic hydroxyl groups is 1. The van der Waals surface area contributed by atoms with Crippen LogP contribution in [0.4, 0.5) is 0 Å². The maximum atomic E-state index is 12.4. The summed E-state index contributed by atoms with van der Waals surface area (Å²) in [6.45, 7) is 2.30. The van der Waals surface area contributed by atoms with Crippen LogP contribution in [0.2, 0.25) is 0 Å². The summed E-state index contributed by atoms with van der Waals surface area (Å²) in [4.78, 5) is 17.3. The van der Waals surface area contributed by atoms with E-state index in [0.717, 1.165) is 29.7 Å². The number of para-hydroxylation sites is 2. The predicted octanol–water partition coefficient (Wildman–Crippen LogP) is 2.97. The zero-order valence-electron chi connectivity index (χ0n) is 14.4. The predicted molar refractivity (Wildman–Crippen MR) is 94.9 cm³/mol. The second kappa shape index (κ2) is 7.79. The highest BCUT2D eigenvalue weighted by Crippen LogP contribution is 2.33. The molecule has 24 heavy (non-hydrogen) atoms. The van der Waals surface area contributed by atoms with E-state index in [-0.39, 0.29) is 18.6 Å². The van der Waals surface area contributed by atoms with Crippen molar-refractivity contribution in [1.29, 1.82) is 0 Å². The Balaban J connectivity index is 1.85. The molecule has 1 amide bonds. The third-order valence-electron chi connectivity index (χ3n) is 4.93. The van der Waals surface area contributed by atoms with Gasteiger partial charge in [-0.15, -0.1) is 0 Å². The number of nitrogens with zero attached hydrogens (tertiary/aromatic N) is 2. The Bertz CT molecular complexity index is 689. The van der Waals surface area contributed by atoms with Gasteiger partial charge in [0.2, 0.25) is 5.91 Å². The molecule has 0 radical (unpaired) electrons. The number of nitrogens with one attached hydrogen (secondary N) is 1. The molecule has 0 bridgehead atoms. The number of amides is 1. The molecule has 1 aromatic heterocycles. The maximum absolute atomic E-state index is 12.4. The van der Waals surface area contributed by atoms with Gasteiger partial charge in [-0.25, -0.2) is 4.98 Å². The smallest absolute Gasteiger partial charge is 0.240 e. The largest absolute Gasteiger partial charge is 0.396 e. The van der Waals surface area contributed by atoms with Crippen molar-refractivity contribution >= 4 is 16.9 Å². The van der Waals surface area contributed by atoms with E-state index in [2.05, 4.69) is 9.88 Å². The van der Waals surface area contributed by atoms with Crippen molar-refractivity contribution in [3.8, 4) is 0 Å². The van der Waals surface area contributed by atoms with Gasteiger partial charge in [-0.1, -0.05) is 31.4 Å². The molecule has 2 N–H and O–H groups in total. The highest BCUT2D eigenvalue weighted by molar-refractivity contribution is 5.81. The molecule has 0 saturated heterocycles. The topological polar surface area (TPSA) is 67.2 Å². The summed E-state index contributed by atoms with van der Waals surface area (Å²) in [5.74, 6) is 1.49. The number of hydrogen-bond donors (Lipinski definition) is 2. The van der Waals surface area contributed by atoms with E-state index in [1.807, 2.05) is 31.2 Å². The normalized spacial score (nSPS) is 17.1. The number of imidazole rings is 1. The lowest BCUT2D eigenvalue weighted by molar-refractivity contribution is -0.122. The number of carbonyl (C=O) groups is 1. The zero-order chi connectivity index (χ0) is 16.9. The van der Waals surface area contributed by atoms with Crippen LogP contribution in [0.5, 0.6) is 0 Å². The first-order chi connectivity index (χ1) is 11.7. The third kappa shape index (κ3) is 3.78. The van der Waals surface area contributed by atoms with Gasteiger partial charge in [-0.2, -0.15) is 0 Å². The molecule has 0 aliphatic heterocycles. The van der Waals surface area contributed by atoms with Crippen molar-refractivity contribution in [3.63, 3.8) is 0 Å². The van der Waals surface area contributed by atoms with Gasteiger partial charge in [0, 0.05) is 18.6 Å². The monoisotopic (exact) mass is 329 g/mol. The summed E-state index contributed by atoms with van der Waals surface area (Å²) >= 11 is 0. The molecule has 5 nitrogen and oxygen atoms in total. The second-order valence-corrected chi connectivity index (χ2v) is 6.86. The van der Waals surface area contributed by atoms with Gasteiger partial charge in [0.05, 0.1) is 11.0 Å². The van der Waals surface area contributed by atoms with E-state index < -0.39 is 0 Å². The van der Waals surface area contributed by atoms with Crippen LogP contribution in [0, 0.1) is 0 Å². The SMILES string of the molecule is CC(CCO)NC(=O)Cn1c(C2CCCCC2)nc2ccccc21. The Hall–Kier alpha value is -1.88. The minimum absolute atomic E-state index is 0.0174. The molecule has 3 rings (SSSR count). The molecule has 130 valence electrons. The fourth-order valence-electron chi connectivity index (χ4n) is 3.66. The maximum Gasteiger partial charge on any atom is 0.240 e. The number of fused-ring (bicyclic) bond motifs is 1. The molecule has 0 spiro atoms. The van der Waals surface area contributed by atoms with E-state index in [1.54, 1.807) is 0 Å². The molecule has 1 aliphatic rings. The van der Waals surface area contributed by atoms with Crippen molar-refractivity contribution in [2.24, 2.45) is 0 Å². The standard InChI is InChI=1S/C19H27N3O2/c1-14(11-12-23)20-18(24)13-22-17-10-6-5-9-16(17)21-19(22)15-7-3-2-4-8-15/h5-6,9-10,14-15,23H,2-4,7-8,11-13H2,1H3,(H,20,24). The van der Waals surface area contributed by atoms with Gasteiger partial charge in [-0.05, 0) is 38.3 Å². The van der Waals surface area contributed by atoms with E-state index >= 15 is 0 Å². The zero-order valence-corrected chi connectivity index (χ0v) is 14.4. The number of hydrogen-bond acceptors (Lipinski definition) is 3. The van der Waals surface area contributed by atoms with Crippen molar-refractivity contribution < 1.29 is 9.90 Å². The van der Waals surface area contributed by atoms with Gasteiger partial charge in [0.1, 0.15) is 12.4 Å². The Morgan fingerprint density at radius 2 is 2.08 bits per heavy atom. The third-order valence-corrected chi connectivity index (χ3v) is 4.93. The molecule has 1 atom stereocenters. The van der Waals surface area contributed by atoms with Crippen LogP contribution >= 0.6 is 0 Å². The summed E-state index contributed by atoms with van der Waals surface area (Å²) in [6, 6.07) is 8.03. The van der Waals surface area contributed by atoms with Gasteiger partial charge in [0.15, 0.2) is 0 Å². The van der Waals surface area contributed by atoms with Gasteiger partial charge < -0.3 is 15.0 Å². The molecular weight excluding hydrogens is 302 g/mol. The van der Waals surface area contributed by atoms with E-state index in [1.165, 1.54) is 19.3 Å². The van der Waals surface area contributed by atoms with Crippen molar-refractivity contribution in [2.45, 2.75) is 64.0 Å². The molecule has 1 unspecified atom stereocenters. The van der Waals surface area contributed by atoms with Gasteiger partial charge >= 0.3 is 0 Å². The summed E-state index contributed by atoms with van der Waals surface area (Å²) in [7, 11) is 0. The molecule has 2 aromatic rings. The molecule has 1 fully saturated rings. The Morgan fingerprint density at radius 1 is 1.33 bits per heavy atom. The fraction of sp³-hybridized carbons (Fsp3) is 0.579. The van der Waals surface area contributed by atoms with Crippen molar-refractivity contribution in [1.82, 2.24) is 14.9 Å². The first-order valence-corrected chi connectivity index (χ1v) is 9.04. The second-order valence-electron chi connectivity index (χ2n) is 6.86. The van der Waals surface area contributed by atoms with Crippen molar-refractivity contribution in [2.75, 3.05) is 6.61 Å². The highest BCUT2D eigenvalue weighted by atomic mass is 16.3. The Morgan fingerprint density at radius 3 is 2.83 bits per heavy atom. The summed E-state index contributed by atoms with van der Waals surface area (Å²) in [5, 5.41) is 12.0. The van der Waals surface area contributed by atoms with Crippen LogP contribution in [0.15, 0.2) is 24.3 Å². The molecule has 1 aliphatic carbocycles. The minimum atomic E-state index is -0.0181. The number of aromatic nitrogens is 2. The van der Waals surface area contributed by atoms with Crippen LogP contribution in [0.3, 0.4) is 0 Å². The van der Waals surface area contributed by atoms with Crippen LogP contribution < -0.4 is 5.32 Å². The molecule has 1 heterocycles. The van der Waals surface area contributed by atoms with Crippen LogP contribution in [-0.2, 0) is 11.3 Å². The van der Waals surface area contributed by atoms with E-state index in [9.17, 15) is 4.79 Å². The minimum Gasteiger partial charge on any atom is -0.396 e. The fourth-order valence-corrected chi connectivity index (χ4v) is 3.66. The molecule has 5 heteroatoms. The average molecular weight is 329 g/mol. The van der Waals surface area contributed by atoms with Crippen LogP contribution in [0.25, 0.3) is 11.0 Å². The van der Waals surface area contributed by atoms with Crippen molar-refractivity contribution in [3.05, 3.63) is 30.1 Å². The van der Waals surface area contributed by atoms with Crippen LogP contribution in [0.1, 0.15) is 57.2 Å². The van der Waals surface area contributed by atoms with Gasteiger partial charge in [0.25, 0.3) is 0 Å². The first kappa shape index (κ1) is 17.0. The summed E-state index contributed by atoms with van der Waals surface area (Å²) < 4.78 is 2.09. The first-order valence-electron chi connectivity index (χ1n) is 9.04. The van der Waals surface area contributed by atoms with E-state index in [4.69, 9.17) is 10.1 Å². The average Bonchev–Trinajstić information content (AvgIpc) is 2.94. The van der Waals surface area contributed by atoms with Crippen LogP contribution in [-0.4, -0.2) is 33.2 Å². The number of rotatable bonds is 6. The summed E-state index contributed by atoms with van der Waals surface area (Å²) in [5.41, 5.74) is 2.00. The lowest BCUT2D eigenvalue weighted by Gasteiger charge is -2.22. The highest BCUT2D eigenvalue weighted by Gasteiger charge is 2.23. The lowest BCUT2D eigenvalue weighted by atomic mass is 9.88. The molecule has 1 saturated carbocycles. The Labute approximate surface area is 143 Å². The van der Waals surface area contributed by atoms with Gasteiger partial charge in [-0.3, -0.25) is 4.79 Å². The quantitative estimate of drug-likeness (QED) is 0.856. The molecular formula is C19H27N3O2. The summed E-state index contributed by atoms with van der Waals surface area (Å²) in [6.07, 6.45) is 6.68. The lowest BCUT2D eigenvalue weighted by Crippen LogP contribution is -2.36. The molecule has 1 aromatic carbocycles. The van der Waals surface area contributed by atoms with E-state index in [0.29, 0.717) is 18.9 Å².